The number of carbonyl (C=O) groups excluding carboxylic acids is 1. The van der Waals surface area contributed by atoms with Gasteiger partial charge in [-0.1, -0.05) is 50.2 Å². The normalized spacial score (nSPS) is 14.6. The number of allylic oxidation sites excluding steroid dienone is 1. The van der Waals surface area contributed by atoms with E-state index in [9.17, 15) is 4.79 Å². The minimum Gasteiger partial charge on any atom is -0.405 e. The molecule has 3 rings (SSSR count). The van der Waals surface area contributed by atoms with E-state index >= 15 is 0 Å². The summed E-state index contributed by atoms with van der Waals surface area (Å²) >= 11 is 0. The molecule has 1 aliphatic rings. The fraction of sp³-hybridized carbons (Fsp3) is 0.304. The number of nitrogens with zero attached hydrogens (tertiary/aromatic N) is 2. The summed E-state index contributed by atoms with van der Waals surface area (Å²) in [5, 5.41) is 0. The van der Waals surface area contributed by atoms with E-state index in [1.54, 1.807) is 13.1 Å². The topological polar surface area (TPSA) is 84.7 Å². The number of rotatable bonds is 6. The van der Waals surface area contributed by atoms with Crippen LogP contribution in [0.4, 0.5) is 0 Å². The van der Waals surface area contributed by atoms with Crippen molar-refractivity contribution in [2.24, 2.45) is 16.5 Å². The van der Waals surface area contributed by atoms with Crippen LogP contribution in [-0.4, -0.2) is 36.2 Å². The first kappa shape index (κ1) is 21.4. The van der Waals surface area contributed by atoms with Crippen LogP contribution in [0.1, 0.15) is 40.9 Å². The molecule has 4 N–H and O–H groups in total. The van der Waals surface area contributed by atoms with Crippen molar-refractivity contribution >= 4 is 11.6 Å². The van der Waals surface area contributed by atoms with Gasteiger partial charge in [-0.05, 0) is 42.0 Å². The number of benzene rings is 2. The van der Waals surface area contributed by atoms with Gasteiger partial charge in [0.2, 0.25) is 0 Å². The molecule has 1 unspecified atom stereocenters. The van der Waals surface area contributed by atoms with Crippen molar-refractivity contribution in [3.8, 4) is 0 Å². The molecule has 2 aromatic carbocycles. The van der Waals surface area contributed by atoms with Crippen LogP contribution < -0.4 is 11.5 Å². The molecule has 0 aromatic heterocycles. The quantitative estimate of drug-likeness (QED) is 0.758. The number of nitrogens with two attached hydrogens (primary N) is 2. The van der Waals surface area contributed by atoms with Crippen molar-refractivity contribution in [1.29, 1.82) is 0 Å². The van der Waals surface area contributed by atoms with E-state index in [-0.39, 0.29) is 11.9 Å². The average Bonchev–Trinajstić information content (AvgIpc) is 3.08. The molecule has 1 atom stereocenters. The molecule has 0 saturated heterocycles. The molecule has 5 heteroatoms. The van der Waals surface area contributed by atoms with Gasteiger partial charge in [0.25, 0.3) is 5.91 Å². The van der Waals surface area contributed by atoms with Crippen LogP contribution in [0.25, 0.3) is 0 Å². The van der Waals surface area contributed by atoms with Crippen LogP contribution in [-0.2, 0) is 13.0 Å². The standard InChI is InChI=1S/C21H24N4O.C2H6/c1-24-20(9-10-22)16-7-8-19-17(12-16)14-25(21(19)26)18(13-23)11-15-5-3-2-4-6-15;1-2/h2-10,12,18H,11,13-14,22-23H2,1H3;1-2H3/b10-9-,24-20?;. The number of aliphatic imine (C=N–C) groups is 1. The van der Waals surface area contributed by atoms with E-state index in [2.05, 4.69) is 17.1 Å². The van der Waals surface area contributed by atoms with E-state index < -0.39 is 0 Å². The Morgan fingerprint density at radius 3 is 2.54 bits per heavy atom. The highest BCUT2D eigenvalue weighted by atomic mass is 16.2. The minimum atomic E-state index is -0.0241. The molecule has 0 bridgehead atoms. The Balaban J connectivity index is 0.00000136. The lowest BCUT2D eigenvalue weighted by atomic mass is 10.0. The monoisotopic (exact) mass is 378 g/mol. The molecule has 1 heterocycles. The maximum atomic E-state index is 12.9. The Labute approximate surface area is 167 Å². The number of hydrogen-bond acceptors (Lipinski definition) is 4. The van der Waals surface area contributed by atoms with Gasteiger partial charge >= 0.3 is 0 Å². The van der Waals surface area contributed by atoms with E-state index in [4.69, 9.17) is 11.5 Å². The molecule has 1 aliphatic heterocycles. The molecule has 0 radical (unpaired) electrons. The third kappa shape index (κ3) is 4.67. The number of hydrogen-bond donors (Lipinski definition) is 2. The Bertz CT molecular complexity index is 843. The summed E-state index contributed by atoms with van der Waals surface area (Å²) in [5.74, 6) is 0.0438. The summed E-state index contributed by atoms with van der Waals surface area (Å²) in [6.45, 7) is 5.00. The van der Waals surface area contributed by atoms with Crippen LogP contribution in [0.3, 0.4) is 0 Å². The molecule has 1 amide bonds. The predicted molar refractivity (Wildman–Crippen MR) is 116 cm³/mol. The highest BCUT2D eigenvalue weighted by molar-refractivity contribution is 6.09. The molecule has 148 valence electrons. The largest absolute Gasteiger partial charge is 0.405 e. The summed E-state index contributed by atoms with van der Waals surface area (Å²) in [5.41, 5.74) is 16.2. The van der Waals surface area contributed by atoms with Crippen LogP contribution in [0.2, 0.25) is 0 Å². The van der Waals surface area contributed by atoms with Gasteiger partial charge in [-0.3, -0.25) is 9.79 Å². The van der Waals surface area contributed by atoms with Gasteiger partial charge < -0.3 is 16.4 Å². The van der Waals surface area contributed by atoms with Gasteiger partial charge in [0.15, 0.2) is 0 Å². The molecule has 5 nitrogen and oxygen atoms in total. The number of amides is 1. The Morgan fingerprint density at radius 1 is 1.21 bits per heavy atom. The second kappa shape index (κ2) is 10.4. The second-order valence-electron chi connectivity index (χ2n) is 6.35. The van der Waals surface area contributed by atoms with Crippen LogP contribution in [0, 0.1) is 0 Å². The minimum absolute atomic E-state index is 0.0241. The SMILES string of the molecule is CC.CN=C(/C=C\N)c1ccc2c(c1)CN(C(CN)Cc1ccccc1)C2=O. The van der Waals surface area contributed by atoms with Crippen molar-refractivity contribution in [2.45, 2.75) is 32.9 Å². The van der Waals surface area contributed by atoms with Crippen molar-refractivity contribution < 1.29 is 4.79 Å². The lowest BCUT2D eigenvalue weighted by Crippen LogP contribution is -2.42. The molecule has 0 aliphatic carbocycles. The zero-order chi connectivity index (χ0) is 20.5. The molecule has 0 spiro atoms. The Morgan fingerprint density at radius 2 is 1.93 bits per heavy atom. The number of fused-ring (bicyclic) bond motifs is 1. The van der Waals surface area contributed by atoms with E-state index in [1.807, 2.05) is 55.1 Å². The average molecular weight is 379 g/mol. The third-order valence-corrected chi connectivity index (χ3v) is 4.75. The summed E-state index contributed by atoms with van der Waals surface area (Å²) in [6, 6.07) is 15.9. The highest BCUT2D eigenvalue weighted by Crippen LogP contribution is 2.27. The molecule has 0 saturated carbocycles. The van der Waals surface area contributed by atoms with Crippen molar-refractivity contribution in [1.82, 2.24) is 4.90 Å². The van der Waals surface area contributed by atoms with Crippen LogP contribution in [0.5, 0.6) is 0 Å². The Hall–Kier alpha value is -2.92. The Kier molecular flexibility index (Phi) is 7.96. The molecule has 0 fully saturated rings. The van der Waals surface area contributed by atoms with Crippen LogP contribution >= 0.6 is 0 Å². The first-order chi connectivity index (χ1) is 13.7. The zero-order valence-corrected chi connectivity index (χ0v) is 16.9. The molecule has 2 aromatic rings. The maximum absolute atomic E-state index is 12.9. The fourth-order valence-corrected chi connectivity index (χ4v) is 3.40. The fourth-order valence-electron chi connectivity index (χ4n) is 3.40. The van der Waals surface area contributed by atoms with Gasteiger partial charge in [-0.2, -0.15) is 0 Å². The second-order valence-corrected chi connectivity index (χ2v) is 6.35. The first-order valence-corrected chi connectivity index (χ1v) is 9.71. The van der Waals surface area contributed by atoms with Gasteiger partial charge in [0, 0.05) is 37.3 Å². The van der Waals surface area contributed by atoms with E-state index in [0.717, 1.165) is 28.8 Å². The highest BCUT2D eigenvalue weighted by Gasteiger charge is 2.32. The summed E-state index contributed by atoms with van der Waals surface area (Å²) < 4.78 is 0. The zero-order valence-electron chi connectivity index (χ0n) is 16.9. The van der Waals surface area contributed by atoms with Gasteiger partial charge in [0.05, 0.1) is 5.71 Å². The van der Waals surface area contributed by atoms with E-state index in [1.165, 1.54) is 11.8 Å². The predicted octanol–water partition coefficient (Wildman–Crippen LogP) is 3.13. The van der Waals surface area contributed by atoms with Crippen molar-refractivity contribution in [2.75, 3.05) is 13.6 Å². The molecule has 28 heavy (non-hydrogen) atoms. The maximum Gasteiger partial charge on any atom is 0.254 e. The lowest BCUT2D eigenvalue weighted by Gasteiger charge is -2.26. The van der Waals surface area contributed by atoms with Gasteiger partial charge in [-0.25, -0.2) is 0 Å². The molecular formula is C23H30N4O. The summed E-state index contributed by atoms with van der Waals surface area (Å²) in [4.78, 5) is 19.0. The summed E-state index contributed by atoms with van der Waals surface area (Å²) in [7, 11) is 1.73. The molecular weight excluding hydrogens is 348 g/mol. The first-order valence-electron chi connectivity index (χ1n) is 9.71. The van der Waals surface area contributed by atoms with Crippen molar-refractivity contribution in [3.63, 3.8) is 0 Å². The van der Waals surface area contributed by atoms with Gasteiger partial charge in [-0.15, -0.1) is 0 Å². The number of carbonyl (C=O) groups is 1. The van der Waals surface area contributed by atoms with E-state index in [0.29, 0.717) is 13.1 Å². The third-order valence-electron chi connectivity index (χ3n) is 4.75. The lowest BCUT2D eigenvalue weighted by molar-refractivity contribution is 0.0708. The smallest absolute Gasteiger partial charge is 0.254 e. The van der Waals surface area contributed by atoms with Gasteiger partial charge in [0.1, 0.15) is 0 Å². The summed E-state index contributed by atoms with van der Waals surface area (Å²) in [6.07, 6.45) is 3.98. The van der Waals surface area contributed by atoms with Crippen LogP contribution in [0.15, 0.2) is 65.8 Å². The van der Waals surface area contributed by atoms with Crippen molar-refractivity contribution in [3.05, 3.63) is 83.1 Å².